The van der Waals surface area contributed by atoms with Gasteiger partial charge in [-0.3, -0.25) is 4.79 Å². The lowest BCUT2D eigenvalue weighted by molar-refractivity contribution is 0.415. The van der Waals surface area contributed by atoms with E-state index in [2.05, 4.69) is 0 Å². The first-order valence-corrected chi connectivity index (χ1v) is 7.36. The van der Waals surface area contributed by atoms with E-state index in [0.717, 1.165) is 22.1 Å². The zero-order valence-electron chi connectivity index (χ0n) is 12.6. The summed E-state index contributed by atoms with van der Waals surface area (Å²) in [6.07, 6.45) is 0. The van der Waals surface area contributed by atoms with Crippen molar-refractivity contribution >= 4 is 21.7 Å². The molecule has 3 aromatic carbocycles. The van der Waals surface area contributed by atoms with Gasteiger partial charge in [0.05, 0.1) is 12.5 Å². The van der Waals surface area contributed by atoms with Gasteiger partial charge < -0.3 is 9.15 Å². The normalized spacial score (nSPS) is 11.0. The predicted octanol–water partition coefficient (Wildman–Crippen LogP) is 4.62. The van der Waals surface area contributed by atoms with Gasteiger partial charge in [0.1, 0.15) is 17.1 Å². The maximum absolute atomic E-state index is 12.5. The Morgan fingerprint density at radius 2 is 1.65 bits per heavy atom. The Labute approximate surface area is 132 Å². The summed E-state index contributed by atoms with van der Waals surface area (Å²) in [6.45, 7) is 0. The molecule has 0 bridgehead atoms. The summed E-state index contributed by atoms with van der Waals surface area (Å²) in [5.41, 5.74) is 1.42. The Bertz CT molecular complexity index is 1060. The molecule has 0 N–H and O–H groups in total. The molecular formula is C20H14O3. The molecule has 0 atom stereocenters. The smallest absolute Gasteiger partial charge is 0.193 e. The molecule has 3 heteroatoms. The highest BCUT2D eigenvalue weighted by Crippen LogP contribution is 2.30. The second kappa shape index (κ2) is 5.29. The van der Waals surface area contributed by atoms with Crippen molar-refractivity contribution in [2.24, 2.45) is 0 Å². The lowest BCUT2D eigenvalue weighted by Gasteiger charge is -2.07. The molecule has 0 unspecified atom stereocenters. The van der Waals surface area contributed by atoms with Gasteiger partial charge in [-0.2, -0.15) is 0 Å². The molecule has 0 aliphatic rings. The average molecular weight is 302 g/mol. The van der Waals surface area contributed by atoms with E-state index < -0.39 is 0 Å². The van der Waals surface area contributed by atoms with E-state index in [9.17, 15) is 4.79 Å². The average Bonchev–Trinajstić information content (AvgIpc) is 2.61. The van der Waals surface area contributed by atoms with Crippen molar-refractivity contribution < 1.29 is 9.15 Å². The van der Waals surface area contributed by atoms with Gasteiger partial charge in [0.15, 0.2) is 5.43 Å². The van der Waals surface area contributed by atoms with Gasteiger partial charge in [-0.1, -0.05) is 42.5 Å². The SMILES string of the molecule is COc1ccc2ccc3c(=O)cc(-c4ccccc4)oc3c2c1. The summed E-state index contributed by atoms with van der Waals surface area (Å²) in [5, 5.41) is 2.45. The van der Waals surface area contributed by atoms with E-state index >= 15 is 0 Å². The quantitative estimate of drug-likeness (QED) is 0.507. The Kier molecular flexibility index (Phi) is 3.12. The molecular weight excluding hydrogens is 288 g/mol. The third-order valence-electron chi connectivity index (χ3n) is 3.98. The molecule has 112 valence electrons. The zero-order chi connectivity index (χ0) is 15.8. The van der Waals surface area contributed by atoms with E-state index in [1.165, 1.54) is 0 Å². The van der Waals surface area contributed by atoms with E-state index in [0.29, 0.717) is 16.7 Å². The predicted molar refractivity (Wildman–Crippen MR) is 92.0 cm³/mol. The molecule has 0 saturated heterocycles. The topological polar surface area (TPSA) is 39.4 Å². The Morgan fingerprint density at radius 1 is 0.870 bits per heavy atom. The highest BCUT2D eigenvalue weighted by Gasteiger charge is 2.10. The van der Waals surface area contributed by atoms with Crippen molar-refractivity contribution in [2.45, 2.75) is 0 Å². The Balaban J connectivity index is 2.10. The fraction of sp³-hybridized carbons (Fsp3) is 0.0500. The van der Waals surface area contributed by atoms with Gasteiger partial charge >= 0.3 is 0 Å². The van der Waals surface area contributed by atoms with E-state index in [-0.39, 0.29) is 5.43 Å². The number of fused-ring (bicyclic) bond motifs is 3. The van der Waals surface area contributed by atoms with Crippen LogP contribution >= 0.6 is 0 Å². The maximum Gasteiger partial charge on any atom is 0.193 e. The number of ether oxygens (including phenoxy) is 1. The molecule has 1 aromatic heterocycles. The van der Waals surface area contributed by atoms with Crippen molar-refractivity contribution in [2.75, 3.05) is 7.11 Å². The minimum Gasteiger partial charge on any atom is -0.497 e. The van der Waals surface area contributed by atoms with Crippen molar-refractivity contribution in [1.82, 2.24) is 0 Å². The first-order chi connectivity index (χ1) is 11.3. The molecule has 0 aliphatic heterocycles. The van der Waals surface area contributed by atoms with Gasteiger partial charge in [-0.15, -0.1) is 0 Å². The molecule has 4 rings (SSSR count). The Morgan fingerprint density at radius 3 is 2.43 bits per heavy atom. The third kappa shape index (κ3) is 2.27. The van der Waals surface area contributed by atoms with Gasteiger partial charge in [0.25, 0.3) is 0 Å². The van der Waals surface area contributed by atoms with Crippen LogP contribution in [-0.4, -0.2) is 7.11 Å². The van der Waals surface area contributed by atoms with Crippen molar-refractivity contribution in [3.63, 3.8) is 0 Å². The van der Waals surface area contributed by atoms with Gasteiger partial charge in [-0.05, 0) is 23.6 Å². The summed E-state index contributed by atoms with van der Waals surface area (Å²) < 4.78 is 11.4. The number of hydrogen-bond donors (Lipinski definition) is 0. The summed E-state index contributed by atoms with van der Waals surface area (Å²) in [7, 11) is 1.62. The van der Waals surface area contributed by atoms with Gasteiger partial charge in [0, 0.05) is 17.0 Å². The first-order valence-electron chi connectivity index (χ1n) is 7.36. The second-order valence-electron chi connectivity index (χ2n) is 5.37. The lowest BCUT2D eigenvalue weighted by Crippen LogP contribution is -2.00. The molecule has 3 nitrogen and oxygen atoms in total. The minimum atomic E-state index is -0.0465. The van der Waals surface area contributed by atoms with Crippen LogP contribution in [0.15, 0.2) is 75.9 Å². The zero-order valence-corrected chi connectivity index (χ0v) is 12.6. The monoisotopic (exact) mass is 302 g/mol. The molecule has 1 heterocycles. The summed E-state index contributed by atoms with van der Waals surface area (Å²) in [4.78, 5) is 12.5. The summed E-state index contributed by atoms with van der Waals surface area (Å²) in [6, 6.07) is 20.7. The Hall–Kier alpha value is -3.07. The minimum absolute atomic E-state index is 0.0465. The molecule has 0 saturated carbocycles. The largest absolute Gasteiger partial charge is 0.497 e. The number of benzene rings is 3. The van der Waals surface area contributed by atoms with Crippen LogP contribution in [0, 0.1) is 0 Å². The molecule has 4 aromatic rings. The van der Waals surface area contributed by atoms with E-state index in [1.807, 2.05) is 60.7 Å². The lowest BCUT2D eigenvalue weighted by atomic mass is 10.1. The molecule has 0 fully saturated rings. The van der Waals surface area contributed by atoms with Crippen molar-refractivity contribution in [3.8, 4) is 17.1 Å². The fourth-order valence-electron chi connectivity index (χ4n) is 2.78. The van der Waals surface area contributed by atoms with Crippen molar-refractivity contribution in [1.29, 1.82) is 0 Å². The number of rotatable bonds is 2. The van der Waals surface area contributed by atoms with Crippen LogP contribution in [0.1, 0.15) is 0 Å². The third-order valence-corrected chi connectivity index (χ3v) is 3.98. The standard InChI is InChI=1S/C20H14O3/c1-22-15-9-7-13-8-10-16-18(21)12-19(14-5-3-2-4-6-14)23-20(16)17(13)11-15/h2-12H,1H3. The van der Waals surface area contributed by atoms with Crippen LogP contribution in [0.25, 0.3) is 33.1 Å². The highest BCUT2D eigenvalue weighted by atomic mass is 16.5. The summed E-state index contributed by atoms with van der Waals surface area (Å²) in [5.74, 6) is 1.30. The molecule has 0 aliphatic carbocycles. The van der Waals surface area contributed by atoms with Crippen LogP contribution in [0.2, 0.25) is 0 Å². The fourth-order valence-corrected chi connectivity index (χ4v) is 2.78. The second-order valence-corrected chi connectivity index (χ2v) is 5.37. The van der Waals surface area contributed by atoms with Crippen LogP contribution in [0.3, 0.4) is 0 Å². The van der Waals surface area contributed by atoms with Gasteiger partial charge in [0.2, 0.25) is 0 Å². The molecule has 0 amide bonds. The molecule has 23 heavy (non-hydrogen) atoms. The van der Waals surface area contributed by atoms with Crippen molar-refractivity contribution in [3.05, 3.63) is 77.0 Å². The number of methoxy groups -OCH3 is 1. The first kappa shape index (κ1) is 13.6. The number of hydrogen-bond acceptors (Lipinski definition) is 3. The van der Waals surface area contributed by atoms with Crippen LogP contribution < -0.4 is 10.2 Å². The van der Waals surface area contributed by atoms with E-state index in [4.69, 9.17) is 9.15 Å². The van der Waals surface area contributed by atoms with Crippen LogP contribution in [0.4, 0.5) is 0 Å². The maximum atomic E-state index is 12.5. The van der Waals surface area contributed by atoms with Crippen LogP contribution in [0.5, 0.6) is 5.75 Å². The van der Waals surface area contributed by atoms with Gasteiger partial charge in [-0.25, -0.2) is 0 Å². The summed E-state index contributed by atoms with van der Waals surface area (Å²) >= 11 is 0. The molecule has 0 radical (unpaired) electrons. The molecule has 0 spiro atoms. The van der Waals surface area contributed by atoms with Crippen LogP contribution in [-0.2, 0) is 0 Å². The highest BCUT2D eigenvalue weighted by molar-refractivity contribution is 6.04. The van der Waals surface area contributed by atoms with E-state index in [1.54, 1.807) is 13.2 Å².